The minimum atomic E-state index is -3.43. The average Bonchev–Trinajstić information content (AvgIpc) is 2.27. The van der Waals surface area contributed by atoms with Gasteiger partial charge in [-0.3, -0.25) is 0 Å². The highest BCUT2D eigenvalue weighted by Crippen LogP contribution is 2.24. The van der Waals surface area contributed by atoms with Gasteiger partial charge in [0.1, 0.15) is 11.0 Å². The standard InChI is InChI=1S/C11H17N3O3S/c1-14(2)18(15,16)10-3-4-11(13-7-10)17-9-5-8(12)6-9/h3-4,7-9H,5-6,12H2,1-2H3. The molecule has 1 saturated carbocycles. The predicted octanol–water partition coefficient (Wildman–Crippen LogP) is 0.200. The van der Waals surface area contributed by atoms with Crippen molar-refractivity contribution >= 4 is 10.0 Å². The van der Waals surface area contributed by atoms with Crippen molar-refractivity contribution in [1.82, 2.24) is 9.29 Å². The van der Waals surface area contributed by atoms with Crippen molar-refractivity contribution < 1.29 is 13.2 Å². The van der Waals surface area contributed by atoms with E-state index >= 15 is 0 Å². The molecule has 0 radical (unpaired) electrons. The van der Waals surface area contributed by atoms with Crippen LogP contribution in [0.15, 0.2) is 23.2 Å². The van der Waals surface area contributed by atoms with E-state index in [1.165, 1.54) is 26.4 Å². The molecule has 1 fully saturated rings. The van der Waals surface area contributed by atoms with Crippen molar-refractivity contribution in [1.29, 1.82) is 0 Å². The SMILES string of the molecule is CN(C)S(=O)(=O)c1ccc(OC2CC(N)C2)nc1. The van der Waals surface area contributed by atoms with Gasteiger partial charge in [0.05, 0.1) is 6.20 Å². The molecule has 0 saturated heterocycles. The lowest BCUT2D eigenvalue weighted by molar-refractivity contribution is 0.0957. The van der Waals surface area contributed by atoms with Gasteiger partial charge < -0.3 is 10.5 Å². The second-order valence-electron chi connectivity index (χ2n) is 4.59. The lowest BCUT2D eigenvalue weighted by Gasteiger charge is -2.32. The minimum absolute atomic E-state index is 0.101. The molecule has 6 nitrogen and oxygen atoms in total. The molecule has 0 atom stereocenters. The quantitative estimate of drug-likeness (QED) is 0.845. The van der Waals surface area contributed by atoms with Crippen LogP contribution in [0.4, 0.5) is 0 Å². The Morgan fingerprint density at radius 1 is 1.39 bits per heavy atom. The Labute approximate surface area is 107 Å². The maximum absolute atomic E-state index is 11.8. The molecule has 0 bridgehead atoms. The topological polar surface area (TPSA) is 85.5 Å². The largest absolute Gasteiger partial charge is 0.474 e. The first-order chi connectivity index (χ1) is 8.39. The van der Waals surface area contributed by atoms with Crippen LogP contribution in [0.5, 0.6) is 5.88 Å². The van der Waals surface area contributed by atoms with Gasteiger partial charge in [-0.2, -0.15) is 0 Å². The van der Waals surface area contributed by atoms with Gasteiger partial charge in [0.25, 0.3) is 0 Å². The van der Waals surface area contributed by atoms with E-state index in [2.05, 4.69) is 4.98 Å². The van der Waals surface area contributed by atoms with Crippen molar-refractivity contribution in [3.8, 4) is 5.88 Å². The van der Waals surface area contributed by atoms with E-state index in [0.29, 0.717) is 5.88 Å². The second-order valence-corrected chi connectivity index (χ2v) is 6.74. The van der Waals surface area contributed by atoms with E-state index in [-0.39, 0.29) is 17.0 Å². The smallest absolute Gasteiger partial charge is 0.244 e. The number of nitrogens with zero attached hydrogens (tertiary/aromatic N) is 2. The number of hydrogen-bond acceptors (Lipinski definition) is 5. The monoisotopic (exact) mass is 271 g/mol. The summed E-state index contributed by atoms with van der Waals surface area (Å²) in [7, 11) is -0.464. The number of aromatic nitrogens is 1. The molecular formula is C11H17N3O3S. The molecule has 0 unspecified atom stereocenters. The maximum atomic E-state index is 11.8. The van der Waals surface area contributed by atoms with E-state index in [1.54, 1.807) is 6.07 Å². The van der Waals surface area contributed by atoms with Crippen LogP contribution in [0.1, 0.15) is 12.8 Å². The lowest BCUT2D eigenvalue weighted by Crippen LogP contribution is -2.43. The fraction of sp³-hybridized carbons (Fsp3) is 0.545. The van der Waals surface area contributed by atoms with Crippen LogP contribution >= 0.6 is 0 Å². The molecule has 0 spiro atoms. The minimum Gasteiger partial charge on any atom is -0.474 e. The Hall–Kier alpha value is -1.18. The van der Waals surface area contributed by atoms with Crippen LogP contribution in [0.2, 0.25) is 0 Å². The Balaban J connectivity index is 2.06. The number of hydrogen-bond donors (Lipinski definition) is 1. The molecule has 2 rings (SSSR count). The fourth-order valence-corrected chi connectivity index (χ4v) is 2.52. The Kier molecular flexibility index (Phi) is 3.56. The first-order valence-electron chi connectivity index (χ1n) is 5.70. The summed E-state index contributed by atoms with van der Waals surface area (Å²) in [4.78, 5) is 4.16. The zero-order valence-electron chi connectivity index (χ0n) is 10.4. The van der Waals surface area contributed by atoms with Crippen molar-refractivity contribution in [2.45, 2.75) is 29.9 Å². The van der Waals surface area contributed by atoms with Gasteiger partial charge in [0.2, 0.25) is 15.9 Å². The van der Waals surface area contributed by atoms with Gasteiger partial charge in [0, 0.05) is 26.2 Å². The molecule has 1 aromatic heterocycles. The van der Waals surface area contributed by atoms with Crippen LogP contribution in [0.3, 0.4) is 0 Å². The molecular weight excluding hydrogens is 254 g/mol. The lowest BCUT2D eigenvalue weighted by atomic mass is 9.90. The predicted molar refractivity (Wildman–Crippen MR) is 66.7 cm³/mol. The van der Waals surface area contributed by atoms with Gasteiger partial charge in [0.15, 0.2) is 0 Å². The van der Waals surface area contributed by atoms with Crippen LogP contribution < -0.4 is 10.5 Å². The maximum Gasteiger partial charge on any atom is 0.244 e. The van der Waals surface area contributed by atoms with Crippen LogP contribution in [0, 0.1) is 0 Å². The Morgan fingerprint density at radius 2 is 2.06 bits per heavy atom. The Bertz CT molecular complexity index is 507. The number of rotatable bonds is 4. The van der Waals surface area contributed by atoms with E-state index in [1.807, 2.05) is 0 Å². The summed E-state index contributed by atoms with van der Waals surface area (Å²) >= 11 is 0. The van der Waals surface area contributed by atoms with Crippen molar-refractivity contribution in [3.05, 3.63) is 18.3 Å². The van der Waals surface area contributed by atoms with Gasteiger partial charge in [-0.05, 0) is 18.9 Å². The number of pyridine rings is 1. The summed E-state index contributed by atoms with van der Waals surface area (Å²) in [6, 6.07) is 3.28. The summed E-state index contributed by atoms with van der Waals surface area (Å²) in [5.41, 5.74) is 5.65. The summed E-state index contributed by atoms with van der Waals surface area (Å²) in [5, 5.41) is 0. The molecule has 1 heterocycles. The first kappa shape index (κ1) is 13.3. The molecule has 18 heavy (non-hydrogen) atoms. The fourth-order valence-electron chi connectivity index (χ4n) is 1.67. The summed E-state index contributed by atoms with van der Waals surface area (Å²) in [5.74, 6) is 0.435. The average molecular weight is 271 g/mol. The number of ether oxygens (including phenoxy) is 1. The molecule has 2 N–H and O–H groups in total. The molecule has 7 heteroatoms. The molecule has 1 aromatic rings. The molecule has 100 valence electrons. The molecule has 0 amide bonds. The van der Waals surface area contributed by atoms with E-state index in [9.17, 15) is 8.42 Å². The van der Waals surface area contributed by atoms with Crippen molar-refractivity contribution in [2.24, 2.45) is 5.73 Å². The van der Waals surface area contributed by atoms with Crippen molar-refractivity contribution in [3.63, 3.8) is 0 Å². The first-order valence-corrected chi connectivity index (χ1v) is 7.14. The summed E-state index contributed by atoms with van der Waals surface area (Å²) in [6.07, 6.45) is 3.05. The third-order valence-corrected chi connectivity index (χ3v) is 4.71. The van der Waals surface area contributed by atoms with Gasteiger partial charge >= 0.3 is 0 Å². The van der Waals surface area contributed by atoms with E-state index in [0.717, 1.165) is 17.1 Å². The van der Waals surface area contributed by atoms with E-state index in [4.69, 9.17) is 10.5 Å². The van der Waals surface area contributed by atoms with Crippen molar-refractivity contribution in [2.75, 3.05) is 14.1 Å². The molecule has 0 aromatic carbocycles. The molecule has 1 aliphatic rings. The highest BCUT2D eigenvalue weighted by atomic mass is 32.2. The van der Waals surface area contributed by atoms with Gasteiger partial charge in [-0.15, -0.1) is 0 Å². The highest BCUT2D eigenvalue weighted by Gasteiger charge is 2.28. The van der Waals surface area contributed by atoms with Crippen LogP contribution in [0.25, 0.3) is 0 Å². The summed E-state index contributed by atoms with van der Waals surface area (Å²) in [6.45, 7) is 0. The number of sulfonamides is 1. The third kappa shape index (κ3) is 2.63. The second kappa shape index (κ2) is 4.83. The molecule has 0 aliphatic heterocycles. The molecule has 1 aliphatic carbocycles. The van der Waals surface area contributed by atoms with Crippen LogP contribution in [-0.2, 0) is 10.0 Å². The van der Waals surface area contributed by atoms with E-state index < -0.39 is 10.0 Å². The number of nitrogens with two attached hydrogens (primary N) is 1. The summed E-state index contributed by atoms with van der Waals surface area (Å²) < 4.78 is 30.3. The normalized spacial score (nSPS) is 23.8. The highest BCUT2D eigenvalue weighted by molar-refractivity contribution is 7.89. The Morgan fingerprint density at radius 3 is 2.50 bits per heavy atom. The van der Waals surface area contributed by atoms with Crippen LogP contribution in [-0.4, -0.2) is 43.9 Å². The zero-order valence-corrected chi connectivity index (χ0v) is 11.2. The third-order valence-electron chi connectivity index (χ3n) is 2.91. The zero-order chi connectivity index (χ0) is 13.3. The van der Waals surface area contributed by atoms with Gasteiger partial charge in [-0.25, -0.2) is 17.7 Å². The van der Waals surface area contributed by atoms with Gasteiger partial charge in [-0.1, -0.05) is 0 Å².